The number of rotatable bonds is 7. The Morgan fingerprint density at radius 3 is 2.46 bits per heavy atom. The van der Waals surface area contributed by atoms with Crippen molar-refractivity contribution in [1.29, 1.82) is 0 Å². The second kappa shape index (κ2) is 8.00. The summed E-state index contributed by atoms with van der Waals surface area (Å²) in [6.45, 7) is 7.24. The highest BCUT2D eigenvalue weighted by molar-refractivity contribution is 5.78. The Balaban J connectivity index is 1.59. The third kappa shape index (κ3) is 4.92. The van der Waals surface area contributed by atoms with E-state index in [-0.39, 0.29) is 17.8 Å². The number of carbonyl (C=O) groups excluding carboxylic acids is 1. The number of aryl methyl sites for hydroxylation is 2. The summed E-state index contributed by atoms with van der Waals surface area (Å²) >= 11 is 0. The molecule has 0 bridgehead atoms. The van der Waals surface area contributed by atoms with Crippen molar-refractivity contribution in [3.05, 3.63) is 70.5 Å². The van der Waals surface area contributed by atoms with Crippen LogP contribution in [0.1, 0.15) is 48.1 Å². The zero-order valence-electron chi connectivity index (χ0n) is 15.8. The van der Waals surface area contributed by atoms with Crippen molar-refractivity contribution in [2.75, 3.05) is 6.54 Å². The van der Waals surface area contributed by atoms with Crippen molar-refractivity contribution < 1.29 is 9.18 Å². The third-order valence-electron chi connectivity index (χ3n) is 5.12. The van der Waals surface area contributed by atoms with Gasteiger partial charge in [0, 0.05) is 12.6 Å². The van der Waals surface area contributed by atoms with Gasteiger partial charge in [0.2, 0.25) is 5.91 Å². The molecule has 0 unspecified atom stereocenters. The topological polar surface area (TPSA) is 32.3 Å². The Kier molecular flexibility index (Phi) is 5.72. The molecule has 138 valence electrons. The largest absolute Gasteiger partial charge is 0.348 e. The molecule has 1 amide bonds. The van der Waals surface area contributed by atoms with Crippen LogP contribution in [0.2, 0.25) is 0 Å². The molecular weight excluding hydrogens is 327 g/mol. The Morgan fingerprint density at radius 2 is 1.85 bits per heavy atom. The van der Waals surface area contributed by atoms with Gasteiger partial charge >= 0.3 is 0 Å². The number of amides is 1. The van der Waals surface area contributed by atoms with E-state index in [0.717, 1.165) is 24.0 Å². The van der Waals surface area contributed by atoms with Crippen LogP contribution in [-0.4, -0.2) is 23.4 Å². The minimum absolute atomic E-state index is 0.0197. The smallest absolute Gasteiger partial charge is 0.234 e. The van der Waals surface area contributed by atoms with Crippen LogP contribution in [0.5, 0.6) is 0 Å². The van der Waals surface area contributed by atoms with Gasteiger partial charge in [0.1, 0.15) is 5.82 Å². The first-order valence-corrected chi connectivity index (χ1v) is 9.27. The summed E-state index contributed by atoms with van der Waals surface area (Å²) in [6, 6.07) is 13.3. The zero-order valence-corrected chi connectivity index (χ0v) is 15.8. The van der Waals surface area contributed by atoms with Crippen molar-refractivity contribution in [3.63, 3.8) is 0 Å². The number of nitrogens with one attached hydrogen (secondary N) is 1. The molecule has 2 aromatic carbocycles. The molecule has 0 spiro atoms. The molecule has 26 heavy (non-hydrogen) atoms. The van der Waals surface area contributed by atoms with Crippen molar-refractivity contribution in [3.8, 4) is 0 Å². The normalized spacial score (nSPS) is 15.1. The standard InChI is InChI=1S/C22H27FN2O/c1-15-4-7-19(12-16(15)2)17(3)24-22(26)14-25(21-10-11-21)13-18-5-8-20(23)9-6-18/h4-9,12,17,21H,10-11,13-14H2,1-3H3,(H,24,26)/t17-/m0/s1. The summed E-state index contributed by atoms with van der Waals surface area (Å²) in [5.74, 6) is -0.198. The maximum absolute atomic E-state index is 13.1. The predicted molar refractivity (Wildman–Crippen MR) is 102 cm³/mol. The lowest BCUT2D eigenvalue weighted by Gasteiger charge is -2.23. The maximum atomic E-state index is 13.1. The molecule has 1 N–H and O–H groups in total. The minimum Gasteiger partial charge on any atom is -0.348 e. The first kappa shape index (κ1) is 18.6. The lowest BCUT2D eigenvalue weighted by Crippen LogP contribution is -2.39. The van der Waals surface area contributed by atoms with Crippen LogP contribution in [0.25, 0.3) is 0 Å². The summed E-state index contributed by atoms with van der Waals surface area (Å²) < 4.78 is 13.1. The minimum atomic E-state index is -0.230. The molecule has 1 fully saturated rings. The van der Waals surface area contributed by atoms with Gasteiger partial charge in [-0.25, -0.2) is 4.39 Å². The van der Waals surface area contributed by atoms with Crippen LogP contribution in [0.15, 0.2) is 42.5 Å². The summed E-state index contributed by atoms with van der Waals surface area (Å²) in [4.78, 5) is 14.7. The summed E-state index contributed by atoms with van der Waals surface area (Å²) in [7, 11) is 0. The van der Waals surface area contributed by atoms with E-state index in [4.69, 9.17) is 0 Å². The Hall–Kier alpha value is -2.20. The molecule has 3 rings (SSSR count). The molecular formula is C22H27FN2O. The number of hydrogen-bond donors (Lipinski definition) is 1. The fourth-order valence-corrected chi connectivity index (χ4v) is 3.17. The molecule has 1 saturated carbocycles. The lowest BCUT2D eigenvalue weighted by molar-refractivity contribution is -0.123. The highest BCUT2D eigenvalue weighted by Crippen LogP contribution is 2.28. The van der Waals surface area contributed by atoms with E-state index >= 15 is 0 Å². The van der Waals surface area contributed by atoms with Crippen LogP contribution < -0.4 is 5.32 Å². The van der Waals surface area contributed by atoms with Gasteiger partial charge in [-0.2, -0.15) is 0 Å². The molecule has 4 heteroatoms. The van der Waals surface area contributed by atoms with Gasteiger partial charge in [-0.1, -0.05) is 30.3 Å². The molecule has 1 aliphatic carbocycles. The predicted octanol–water partition coefficient (Wildman–Crippen LogP) is 4.28. The third-order valence-corrected chi connectivity index (χ3v) is 5.12. The number of hydrogen-bond acceptors (Lipinski definition) is 2. The van der Waals surface area contributed by atoms with E-state index in [9.17, 15) is 9.18 Å². The highest BCUT2D eigenvalue weighted by atomic mass is 19.1. The SMILES string of the molecule is Cc1ccc([C@H](C)NC(=O)CN(Cc2ccc(F)cc2)C2CC2)cc1C. The zero-order chi connectivity index (χ0) is 18.7. The van der Waals surface area contributed by atoms with E-state index in [1.165, 1.54) is 23.3 Å². The van der Waals surface area contributed by atoms with Gasteiger partial charge in [0.05, 0.1) is 12.6 Å². The number of nitrogens with zero attached hydrogens (tertiary/aromatic N) is 1. The Bertz CT molecular complexity index is 768. The van der Waals surface area contributed by atoms with Gasteiger partial charge in [-0.05, 0) is 68.0 Å². The average Bonchev–Trinajstić information content (AvgIpc) is 3.43. The van der Waals surface area contributed by atoms with Crippen molar-refractivity contribution in [2.24, 2.45) is 0 Å². The average molecular weight is 354 g/mol. The summed E-state index contributed by atoms with van der Waals surface area (Å²) in [5.41, 5.74) is 4.65. The second-order valence-electron chi connectivity index (χ2n) is 7.40. The van der Waals surface area contributed by atoms with Crippen LogP contribution in [-0.2, 0) is 11.3 Å². The molecule has 0 saturated heterocycles. The molecule has 1 atom stereocenters. The maximum Gasteiger partial charge on any atom is 0.234 e. The van der Waals surface area contributed by atoms with Crippen molar-refractivity contribution >= 4 is 5.91 Å². The number of benzene rings is 2. The molecule has 2 aromatic rings. The first-order chi connectivity index (χ1) is 12.4. The van der Waals surface area contributed by atoms with E-state index in [0.29, 0.717) is 19.1 Å². The van der Waals surface area contributed by atoms with E-state index in [1.807, 2.05) is 6.92 Å². The van der Waals surface area contributed by atoms with Crippen LogP contribution >= 0.6 is 0 Å². The van der Waals surface area contributed by atoms with Crippen LogP contribution in [0, 0.1) is 19.7 Å². The quantitative estimate of drug-likeness (QED) is 0.805. The summed E-state index contributed by atoms with van der Waals surface area (Å²) in [5, 5.41) is 3.11. The first-order valence-electron chi connectivity index (χ1n) is 9.27. The Labute approximate surface area is 155 Å². The van der Waals surface area contributed by atoms with E-state index in [2.05, 4.69) is 42.3 Å². The second-order valence-corrected chi connectivity index (χ2v) is 7.40. The highest BCUT2D eigenvalue weighted by Gasteiger charge is 2.30. The van der Waals surface area contributed by atoms with Gasteiger partial charge in [-0.3, -0.25) is 9.69 Å². The lowest BCUT2D eigenvalue weighted by atomic mass is 10.0. The van der Waals surface area contributed by atoms with E-state index in [1.54, 1.807) is 12.1 Å². The van der Waals surface area contributed by atoms with Crippen molar-refractivity contribution in [2.45, 2.75) is 52.2 Å². The van der Waals surface area contributed by atoms with Crippen LogP contribution in [0.4, 0.5) is 4.39 Å². The molecule has 1 aliphatic rings. The fraction of sp³-hybridized carbons (Fsp3) is 0.409. The molecule has 0 aliphatic heterocycles. The van der Waals surface area contributed by atoms with Gasteiger partial charge in [-0.15, -0.1) is 0 Å². The molecule has 0 radical (unpaired) electrons. The molecule has 0 aromatic heterocycles. The van der Waals surface area contributed by atoms with Crippen molar-refractivity contribution in [1.82, 2.24) is 10.2 Å². The fourth-order valence-electron chi connectivity index (χ4n) is 3.17. The number of carbonyl (C=O) groups is 1. The van der Waals surface area contributed by atoms with Gasteiger partial charge in [0.25, 0.3) is 0 Å². The van der Waals surface area contributed by atoms with Gasteiger partial charge < -0.3 is 5.32 Å². The molecule has 0 heterocycles. The molecule has 3 nitrogen and oxygen atoms in total. The summed E-state index contributed by atoms with van der Waals surface area (Å²) in [6.07, 6.45) is 2.25. The van der Waals surface area contributed by atoms with E-state index < -0.39 is 0 Å². The monoisotopic (exact) mass is 354 g/mol. The van der Waals surface area contributed by atoms with Crippen LogP contribution in [0.3, 0.4) is 0 Å². The number of halogens is 1. The van der Waals surface area contributed by atoms with Gasteiger partial charge in [0.15, 0.2) is 0 Å². The Morgan fingerprint density at radius 1 is 1.15 bits per heavy atom.